The average Bonchev–Trinajstić information content (AvgIpc) is 2.28. The highest BCUT2D eigenvalue weighted by atomic mass is 16.5. The second kappa shape index (κ2) is 5.91. The Morgan fingerprint density at radius 1 is 1.40 bits per heavy atom. The molecule has 0 N–H and O–H groups in total. The van der Waals surface area contributed by atoms with E-state index in [1.54, 1.807) is 0 Å². The molecule has 0 spiro atoms. The van der Waals surface area contributed by atoms with Crippen molar-refractivity contribution >= 4 is 5.97 Å². The summed E-state index contributed by atoms with van der Waals surface area (Å²) in [6, 6.07) is 0.115. The fourth-order valence-electron chi connectivity index (χ4n) is 1.92. The molecule has 0 amide bonds. The summed E-state index contributed by atoms with van der Waals surface area (Å²) >= 11 is 0. The zero-order valence-electron chi connectivity index (χ0n) is 9.79. The van der Waals surface area contributed by atoms with E-state index in [2.05, 4.69) is 11.5 Å². The highest BCUT2D eigenvalue weighted by Gasteiger charge is 2.23. The molecule has 0 radical (unpaired) electrons. The van der Waals surface area contributed by atoms with E-state index in [0.29, 0.717) is 12.2 Å². The zero-order valence-corrected chi connectivity index (χ0v) is 9.79. The molecule has 1 aliphatic heterocycles. The third kappa shape index (κ3) is 3.34. The second-order valence-corrected chi connectivity index (χ2v) is 4.02. The first-order valence-corrected chi connectivity index (χ1v) is 5.76. The van der Waals surface area contributed by atoms with Crippen molar-refractivity contribution < 1.29 is 9.53 Å². The van der Waals surface area contributed by atoms with Crippen LogP contribution in [0.4, 0.5) is 0 Å². The molecule has 1 rings (SSSR count). The molecule has 1 fully saturated rings. The van der Waals surface area contributed by atoms with Crippen LogP contribution in [-0.2, 0) is 9.53 Å². The van der Waals surface area contributed by atoms with Gasteiger partial charge in [-0.3, -0.25) is 4.90 Å². The number of piperidine rings is 1. The average molecular weight is 211 g/mol. The topological polar surface area (TPSA) is 29.5 Å². The number of hydrogen-bond acceptors (Lipinski definition) is 3. The number of ether oxygens (including phenoxy) is 1. The molecule has 1 aliphatic rings. The largest absolute Gasteiger partial charge is 0.463 e. The van der Waals surface area contributed by atoms with Crippen LogP contribution in [0.15, 0.2) is 12.2 Å². The van der Waals surface area contributed by atoms with Crippen LogP contribution in [0.5, 0.6) is 0 Å². The first-order valence-electron chi connectivity index (χ1n) is 5.76. The molecule has 3 heteroatoms. The minimum absolute atomic E-state index is 0.115. The summed E-state index contributed by atoms with van der Waals surface area (Å²) < 4.78 is 4.95. The summed E-state index contributed by atoms with van der Waals surface area (Å²) in [4.78, 5) is 13.8. The van der Waals surface area contributed by atoms with Crippen LogP contribution in [-0.4, -0.2) is 36.6 Å². The van der Waals surface area contributed by atoms with Gasteiger partial charge in [-0.15, -0.1) is 0 Å². The number of rotatable bonds is 4. The smallest absolute Gasteiger partial charge is 0.334 e. The number of carbonyl (C=O) groups is 1. The van der Waals surface area contributed by atoms with Crippen LogP contribution in [0.1, 0.15) is 33.1 Å². The summed E-state index contributed by atoms with van der Waals surface area (Å²) in [5, 5.41) is 0. The van der Waals surface area contributed by atoms with Gasteiger partial charge in [0, 0.05) is 11.6 Å². The Balaban J connectivity index is 2.47. The predicted molar refractivity (Wildman–Crippen MR) is 60.7 cm³/mol. The number of esters is 1. The lowest BCUT2D eigenvalue weighted by Gasteiger charge is -2.32. The SMILES string of the molecule is C=C(C(=O)OCC)C(C)N1CCCCC1. The quantitative estimate of drug-likeness (QED) is 0.526. The lowest BCUT2D eigenvalue weighted by molar-refractivity contribution is -0.139. The van der Waals surface area contributed by atoms with Gasteiger partial charge in [-0.2, -0.15) is 0 Å². The Kier molecular flexibility index (Phi) is 4.82. The van der Waals surface area contributed by atoms with Crippen molar-refractivity contribution in [1.82, 2.24) is 4.90 Å². The summed E-state index contributed by atoms with van der Waals surface area (Å²) in [5.41, 5.74) is 0.582. The first kappa shape index (κ1) is 12.2. The normalized spacial score (nSPS) is 19.6. The van der Waals surface area contributed by atoms with Crippen LogP contribution >= 0.6 is 0 Å². The van der Waals surface area contributed by atoms with Gasteiger partial charge in [-0.05, 0) is 39.8 Å². The molecule has 0 bridgehead atoms. The molecule has 0 saturated carbocycles. The van der Waals surface area contributed by atoms with Crippen LogP contribution in [0.2, 0.25) is 0 Å². The Hall–Kier alpha value is -0.830. The van der Waals surface area contributed by atoms with Gasteiger partial charge in [-0.1, -0.05) is 13.0 Å². The molecule has 0 aliphatic carbocycles. The minimum atomic E-state index is -0.254. The molecule has 15 heavy (non-hydrogen) atoms. The summed E-state index contributed by atoms with van der Waals surface area (Å²) in [5.74, 6) is -0.254. The maximum atomic E-state index is 11.5. The summed E-state index contributed by atoms with van der Waals surface area (Å²) in [7, 11) is 0. The Morgan fingerprint density at radius 3 is 2.53 bits per heavy atom. The molecule has 0 aromatic heterocycles. The second-order valence-electron chi connectivity index (χ2n) is 4.02. The van der Waals surface area contributed by atoms with Gasteiger partial charge in [0.15, 0.2) is 0 Å². The Morgan fingerprint density at radius 2 is 2.00 bits per heavy atom. The zero-order chi connectivity index (χ0) is 11.3. The molecular formula is C12H21NO2. The van der Waals surface area contributed by atoms with Crippen LogP contribution in [0, 0.1) is 0 Å². The van der Waals surface area contributed by atoms with Crippen molar-refractivity contribution in [2.24, 2.45) is 0 Å². The van der Waals surface area contributed by atoms with Gasteiger partial charge in [0.05, 0.1) is 6.61 Å². The maximum Gasteiger partial charge on any atom is 0.334 e. The van der Waals surface area contributed by atoms with Crippen molar-refractivity contribution in [3.8, 4) is 0 Å². The molecule has 0 aromatic carbocycles. The minimum Gasteiger partial charge on any atom is -0.463 e. The van der Waals surface area contributed by atoms with Gasteiger partial charge in [-0.25, -0.2) is 4.79 Å². The van der Waals surface area contributed by atoms with Crippen molar-refractivity contribution in [2.45, 2.75) is 39.2 Å². The van der Waals surface area contributed by atoms with E-state index in [1.807, 2.05) is 13.8 Å². The molecule has 3 nitrogen and oxygen atoms in total. The van der Waals surface area contributed by atoms with E-state index in [1.165, 1.54) is 19.3 Å². The van der Waals surface area contributed by atoms with Gasteiger partial charge >= 0.3 is 5.97 Å². The molecule has 1 unspecified atom stereocenters. The van der Waals surface area contributed by atoms with E-state index in [9.17, 15) is 4.79 Å². The third-order valence-corrected chi connectivity index (χ3v) is 2.98. The van der Waals surface area contributed by atoms with Crippen molar-refractivity contribution in [1.29, 1.82) is 0 Å². The van der Waals surface area contributed by atoms with Gasteiger partial charge in [0.2, 0.25) is 0 Å². The fourth-order valence-corrected chi connectivity index (χ4v) is 1.92. The van der Waals surface area contributed by atoms with E-state index >= 15 is 0 Å². The standard InChI is InChI=1S/C12H21NO2/c1-4-15-12(14)10(2)11(3)13-8-6-5-7-9-13/h11H,2,4-9H2,1,3H3. The molecule has 0 aromatic rings. The molecule has 86 valence electrons. The number of hydrogen-bond donors (Lipinski definition) is 0. The Bertz CT molecular complexity index is 232. The Labute approximate surface area is 92.1 Å². The number of nitrogens with zero attached hydrogens (tertiary/aromatic N) is 1. The van der Waals surface area contributed by atoms with Gasteiger partial charge < -0.3 is 4.74 Å². The van der Waals surface area contributed by atoms with Gasteiger partial charge in [0.1, 0.15) is 0 Å². The first-order chi connectivity index (χ1) is 7.16. The molecule has 1 atom stereocenters. The van der Waals surface area contributed by atoms with E-state index < -0.39 is 0 Å². The fraction of sp³-hybridized carbons (Fsp3) is 0.750. The van der Waals surface area contributed by atoms with Gasteiger partial charge in [0.25, 0.3) is 0 Å². The summed E-state index contributed by atoms with van der Waals surface area (Å²) in [6.45, 7) is 10.2. The van der Waals surface area contributed by atoms with Crippen LogP contribution in [0.3, 0.4) is 0 Å². The highest BCUT2D eigenvalue weighted by Crippen LogP contribution is 2.16. The van der Waals surface area contributed by atoms with Crippen LogP contribution < -0.4 is 0 Å². The van der Waals surface area contributed by atoms with E-state index in [4.69, 9.17) is 4.74 Å². The molecule has 1 saturated heterocycles. The van der Waals surface area contributed by atoms with Crippen molar-refractivity contribution in [3.05, 3.63) is 12.2 Å². The predicted octanol–water partition coefficient (Wildman–Crippen LogP) is 1.98. The van der Waals surface area contributed by atoms with E-state index in [-0.39, 0.29) is 12.0 Å². The van der Waals surface area contributed by atoms with Crippen molar-refractivity contribution in [3.63, 3.8) is 0 Å². The number of carbonyl (C=O) groups excluding carboxylic acids is 1. The van der Waals surface area contributed by atoms with Crippen LogP contribution in [0.25, 0.3) is 0 Å². The monoisotopic (exact) mass is 211 g/mol. The molecule has 1 heterocycles. The third-order valence-electron chi connectivity index (χ3n) is 2.98. The lowest BCUT2D eigenvalue weighted by atomic mass is 10.0. The lowest BCUT2D eigenvalue weighted by Crippen LogP contribution is -2.40. The maximum absolute atomic E-state index is 11.5. The highest BCUT2D eigenvalue weighted by molar-refractivity contribution is 5.88. The number of likely N-dealkylation sites (tertiary alicyclic amines) is 1. The van der Waals surface area contributed by atoms with Crippen molar-refractivity contribution in [2.75, 3.05) is 19.7 Å². The summed E-state index contributed by atoms with van der Waals surface area (Å²) in [6.07, 6.45) is 3.75. The van der Waals surface area contributed by atoms with E-state index in [0.717, 1.165) is 13.1 Å². The molecular weight excluding hydrogens is 190 g/mol.